The Morgan fingerprint density at radius 2 is 2.35 bits per heavy atom. The minimum atomic E-state index is 0.177. The molecule has 3 nitrogen and oxygen atoms in total. The first-order valence-corrected chi connectivity index (χ1v) is 8.40. The third-order valence-electron chi connectivity index (χ3n) is 4.02. The fraction of sp³-hybridized carbons (Fsp3) is 0.688. The van der Waals surface area contributed by atoms with Crippen LogP contribution in [0.15, 0.2) is 11.4 Å². The van der Waals surface area contributed by atoms with Crippen molar-refractivity contribution in [3.63, 3.8) is 0 Å². The van der Waals surface area contributed by atoms with Gasteiger partial charge in [-0.15, -0.1) is 11.3 Å². The lowest BCUT2D eigenvalue weighted by Crippen LogP contribution is -2.38. The summed E-state index contributed by atoms with van der Waals surface area (Å²) >= 11 is 1.57. The molecule has 0 unspecified atom stereocenters. The lowest BCUT2D eigenvalue weighted by atomic mass is 9.97. The van der Waals surface area contributed by atoms with Gasteiger partial charge in [0.1, 0.15) is 0 Å². The van der Waals surface area contributed by atoms with Crippen LogP contribution >= 0.6 is 11.3 Å². The van der Waals surface area contributed by atoms with Gasteiger partial charge in [-0.2, -0.15) is 0 Å². The number of ether oxygens (including phenoxy) is 1. The van der Waals surface area contributed by atoms with E-state index in [9.17, 15) is 4.79 Å². The second kappa shape index (κ2) is 7.91. The highest BCUT2D eigenvalue weighted by Crippen LogP contribution is 2.25. The van der Waals surface area contributed by atoms with Crippen molar-refractivity contribution in [2.24, 2.45) is 0 Å². The van der Waals surface area contributed by atoms with Crippen LogP contribution < -0.4 is 0 Å². The van der Waals surface area contributed by atoms with Crippen molar-refractivity contribution < 1.29 is 9.53 Å². The minimum Gasteiger partial charge on any atom is -0.385 e. The number of piperidine rings is 1. The van der Waals surface area contributed by atoms with Crippen molar-refractivity contribution in [2.75, 3.05) is 20.3 Å². The molecule has 1 fully saturated rings. The summed E-state index contributed by atoms with van der Waals surface area (Å²) in [6, 6.07) is 2.74. The topological polar surface area (TPSA) is 29.5 Å². The number of thiophene rings is 1. The summed E-state index contributed by atoms with van der Waals surface area (Å²) in [5.41, 5.74) is 1.29. The molecule has 112 valence electrons. The second-order valence-electron chi connectivity index (χ2n) is 5.63. The molecular formula is C16H25NO2S. The van der Waals surface area contributed by atoms with Gasteiger partial charge in [0.25, 0.3) is 0 Å². The molecule has 0 aliphatic carbocycles. The molecule has 2 heterocycles. The molecule has 0 N–H and O–H groups in total. The number of hydrogen-bond acceptors (Lipinski definition) is 4. The molecule has 0 spiro atoms. The molecular weight excluding hydrogens is 270 g/mol. The van der Waals surface area contributed by atoms with Crippen LogP contribution in [0.3, 0.4) is 0 Å². The maximum atomic E-state index is 11.4. The summed E-state index contributed by atoms with van der Waals surface area (Å²) in [4.78, 5) is 14.8. The number of hydrogen-bond donors (Lipinski definition) is 0. The largest absolute Gasteiger partial charge is 0.385 e. The SMILES string of the molecule is COCCC[C@@H]1CCCCN1Cc1csc(C(C)=O)c1. The number of rotatable bonds is 7. The molecule has 0 saturated carbocycles. The third-order valence-corrected chi connectivity index (χ3v) is 5.10. The Morgan fingerprint density at radius 3 is 3.05 bits per heavy atom. The first-order valence-electron chi connectivity index (χ1n) is 7.52. The molecule has 2 rings (SSSR count). The van der Waals surface area contributed by atoms with Gasteiger partial charge in [-0.1, -0.05) is 6.42 Å². The molecule has 1 aliphatic rings. The fourth-order valence-corrected chi connectivity index (χ4v) is 3.74. The number of carbonyl (C=O) groups is 1. The number of ketones is 1. The van der Waals surface area contributed by atoms with Crippen LogP contribution in [-0.2, 0) is 11.3 Å². The number of Topliss-reactive ketones (excluding diaryl/α,β-unsaturated/α-hetero) is 1. The van der Waals surface area contributed by atoms with Crippen molar-refractivity contribution in [1.82, 2.24) is 4.90 Å². The van der Waals surface area contributed by atoms with Gasteiger partial charge in [0.15, 0.2) is 5.78 Å². The van der Waals surface area contributed by atoms with Gasteiger partial charge < -0.3 is 4.74 Å². The molecule has 1 aliphatic heterocycles. The van der Waals surface area contributed by atoms with E-state index >= 15 is 0 Å². The summed E-state index contributed by atoms with van der Waals surface area (Å²) < 4.78 is 5.16. The molecule has 1 saturated heterocycles. The quantitative estimate of drug-likeness (QED) is 0.567. The Morgan fingerprint density at radius 1 is 1.50 bits per heavy atom. The molecule has 0 bridgehead atoms. The zero-order valence-electron chi connectivity index (χ0n) is 12.6. The van der Waals surface area contributed by atoms with Crippen LogP contribution in [0.1, 0.15) is 54.3 Å². The molecule has 0 aromatic carbocycles. The van der Waals surface area contributed by atoms with Crippen LogP contribution in [0, 0.1) is 0 Å². The Labute approximate surface area is 125 Å². The highest BCUT2D eigenvalue weighted by Gasteiger charge is 2.22. The zero-order chi connectivity index (χ0) is 14.4. The van der Waals surface area contributed by atoms with Gasteiger partial charge in [-0.25, -0.2) is 0 Å². The van der Waals surface area contributed by atoms with Crippen molar-refractivity contribution in [3.8, 4) is 0 Å². The van der Waals surface area contributed by atoms with Crippen LogP contribution in [0.5, 0.6) is 0 Å². The van der Waals surface area contributed by atoms with Crippen molar-refractivity contribution in [2.45, 2.75) is 51.6 Å². The molecule has 1 aromatic heterocycles. The first kappa shape index (κ1) is 15.7. The number of carbonyl (C=O) groups excluding carboxylic acids is 1. The van der Waals surface area contributed by atoms with Crippen molar-refractivity contribution >= 4 is 17.1 Å². The number of methoxy groups -OCH3 is 1. The molecule has 0 amide bonds. The molecule has 1 aromatic rings. The predicted molar refractivity (Wildman–Crippen MR) is 83.5 cm³/mol. The summed E-state index contributed by atoms with van der Waals surface area (Å²) in [6.45, 7) is 4.67. The molecule has 1 atom stereocenters. The zero-order valence-corrected chi connectivity index (χ0v) is 13.4. The van der Waals surface area contributed by atoms with Gasteiger partial charge >= 0.3 is 0 Å². The van der Waals surface area contributed by atoms with E-state index in [4.69, 9.17) is 4.74 Å². The maximum Gasteiger partial charge on any atom is 0.169 e. The maximum absolute atomic E-state index is 11.4. The molecule has 20 heavy (non-hydrogen) atoms. The van der Waals surface area contributed by atoms with Gasteiger partial charge in [0, 0.05) is 26.3 Å². The fourth-order valence-electron chi connectivity index (χ4n) is 2.94. The number of nitrogens with zero attached hydrogens (tertiary/aromatic N) is 1. The van der Waals surface area contributed by atoms with Gasteiger partial charge in [-0.05, 0) is 56.2 Å². The van der Waals surface area contributed by atoms with Gasteiger partial charge in [0.05, 0.1) is 4.88 Å². The lowest BCUT2D eigenvalue weighted by Gasteiger charge is -2.35. The van der Waals surface area contributed by atoms with Crippen LogP contribution in [0.25, 0.3) is 0 Å². The van der Waals surface area contributed by atoms with Crippen molar-refractivity contribution in [1.29, 1.82) is 0 Å². The normalized spacial score (nSPS) is 20.2. The Bertz CT molecular complexity index is 430. The molecule has 0 radical (unpaired) electrons. The number of likely N-dealkylation sites (tertiary alicyclic amines) is 1. The average Bonchev–Trinajstić information content (AvgIpc) is 2.90. The van der Waals surface area contributed by atoms with E-state index in [2.05, 4.69) is 16.3 Å². The van der Waals surface area contributed by atoms with Crippen molar-refractivity contribution in [3.05, 3.63) is 21.9 Å². The van der Waals surface area contributed by atoms with E-state index in [1.54, 1.807) is 25.4 Å². The smallest absolute Gasteiger partial charge is 0.169 e. The van der Waals surface area contributed by atoms with Crippen LogP contribution in [0.4, 0.5) is 0 Å². The van der Waals surface area contributed by atoms with Crippen LogP contribution in [0.2, 0.25) is 0 Å². The van der Waals surface area contributed by atoms with E-state index in [0.717, 1.165) is 24.4 Å². The standard InChI is InChI=1S/C16H25NO2S/c1-13(18)16-10-14(12-20-16)11-17-8-4-3-6-15(17)7-5-9-19-2/h10,12,15H,3-9,11H2,1-2H3/t15-/m0/s1. The monoisotopic (exact) mass is 295 g/mol. The van der Waals surface area contributed by atoms with Gasteiger partial charge in [-0.3, -0.25) is 9.69 Å². The van der Waals surface area contributed by atoms with E-state index in [0.29, 0.717) is 6.04 Å². The van der Waals surface area contributed by atoms with E-state index in [-0.39, 0.29) is 5.78 Å². The highest BCUT2D eigenvalue weighted by molar-refractivity contribution is 7.12. The molecule has 4 heteroatoms. The first-order chi connectivity index (χ1) is 9.70. The summed E-state index contributed by atoms with van der Waals surface area (Å²) in [7, 11) is 1.77. The Balaban J connectivity index is 1.91. The highest BCUT2D eigenvalue weighted by atomic mass is 32.1. The van der Waals surface area contributed by atoms with E-state index in [1.165, 1.54) is 37.8 Å². The van der Waals surface area contributed by atoms with Gasteiger partial charge in [0.2, 0.25) is 0 Å². The summed E-state index contributed by atoms with van der Waals surface area (Å²) in [5, 5.41) is 2.14. The van der Waals surface area contributed by atoms with E-state index < -0.39 is 0 Å². The average molecular weight is 295 g/mol. The lowest BCUT2D eigenvalue weighted by molar-refractivity contribution is 0.102. The minimum absolute atomic E-state index is 0.177. The Hall–Kier alpha value is -0.710. The second-order valence-corrected chi connectivity index (χ2v) is 6.54. The summed E-state index contributed by atoms with van der Waals surface area (Å²) in [5.74, 6) is 0.177. The Kier molecular flexibility index (Phi) is 6.20. The van der Waals surface area contributed by atoms with E-state index in [1.807, 2.05) is 0 Å². The summed E-state index contributed by atoms with van der Waals surface area (Å²) in [6.07, 6.45) is 6.30. The van der Waals surface area contributed by atoms with Crippen LogP contribution in [-0.4, -0.2) is 37.0 Å². The predicted octanol–water partition coefficient (Wildman–Crippen LogP) is 3.73. The third kappa shape index (κ3) is 4.40.